The molecule has 42 heavy (non-hydrogen) atoms. The second-order valence-electron chi connectivity index (χ2n) is 10.3. The molecule has 2 N–H and O–H groups in total. The highest BCUT2D eigenvalue weighted by Gasteiger charge is 2.27. The predicted molar refractivity (Wildman–Crippen MR) is 158 cm³/mol. The van der Waals surface area contributed by atoms with E-state index >= 15 is 4.39 Å². The van der Waals surface area contributed by atoms with E-state index in [1.165, 1.54) is 30.3 Å². The first-order valence-corrected chi connectivity index (χ1v) is 14.2. The van der Waals surface area contributed by atoms with E-state index in [1.54, 1.807) is 25.1 Å². The third kappa shape index (κ3) is 8.96. The number of ether oxygens (including phenoxy) is 1. The number of aliphatic carboxylic acids is 1. The van der Waals surface area contributed by atoms with Crippen molar-refractivity contribution in [3.8, 4) is 16.9 Å². The van der Waals surface area contributed by atoms with E-state index < -0.39 is 29.7 Å². The Morgan fingerprint density at radius 1 is 1.02 bits per heavy atom. The minimum atomic E-state index is -3.04. The zero-order chi connectivity index (χ0) is 30.7. The van der Waals surface area contributed by atoms with Crippen molar-refractivity contribution in [3.05, 3.63) is 101 Å². The number of benzene rings is 3. The number of unbranched alkanes of at least 4 members (excludes halogenated alkanes) is 3. The Hall–Kier alpha value is -4.07. The van der Waals surface area contributed by atoms with Gasteiger partial charge in [-0.15, -0.1) is 0 Å². The Labute approximate surface area is 245 Å². The summed E-state index contributed by atoms with van der Waals surface area (Å²) >= 11 is 0. The van der Waals surface area contributed by atoms with E-state index in [0.29, 0.717) is 17.7 Å². The van der Waals surface area contributed by atoms with Crippen molar-refractivity contribution in [2.24, 2.45) is 0 Å². The lowest BCUT2D eigenvalue weighted by Crippen LogP contribution is -2.26. The molecule has 0 saturated carbocycles. The van der Waals surface area contributed by atoms with E-state index in [-0.39, 0.29) is 24.1 Å². The number of carbonyl (C=O) groups excluding carboxylic acids is 1. The van der Waals surface area contributed by atoms with Gasteiger partial charge in [0.15, 0.2) is 0 Å². The predicted octanol–water partition coefficient (Wildman–Crippen LogP) is 8.76. The SMILES string of the molecule is C/C=C/C(F)(F)c1ccc(-c2ccc(OC(CCCCCC)c3ccc(C(=O)NCCC(=O)O)cc3F)cc2C)cc1. The van der Waals surface area contributed by atoms with Crippen molar-refractivity contribution >= 4 is 11.9 Å². The van der Waals surface area contributed by atoms with E-state index in [2.05, 4.69) is 12.2 Å². The summed E-state index contributed by atoms with van der Waals surface area (Å²) in [6.45, 7) is 5.52. The van der Waals surface area contributed by atoms with E-state index in [9.17, 15) is 18.4 Å². The first-order valence-electron chi connectivity index (χ1n) is 14.2. The van der Waals surface area contributed by atoms with Crippen LogP contribution in [0.4, 0.5) is 13.2 Å². The van der Waals surface area contributed by atoms with Crippen LogP contribution in [0.5, 0.6) is 5.75 Å². The Morgan fingerprint density at radius 2 is 1.76 bits per heavy atom. The average Bonchev–Trinajstić information content (AvgIpc) is 2.94. The minimum absolute atomic E-state index is 0.0527. The molecule has 5 nitrogen and oxygen atoms in total. The fraction of sp³-hybridized carbons (Fsp3) is 0.353. The van der Waals surface area contributed by atoms with Crippen LogP contribution >= 0.6 is 0 Å². The summed E-state index contributed by atoms with van der Waals surface area (Å²) in [5.74, 6) is -4.66. The van der Waals surface area contributed by atoms with Gasteiger partial charge in [-0.1, -0.05) is 68.7 Å². The fourth-order valence-corrected chi connectivity index (χ4v) is 4.72. The van der Waals surface area contributed by atoms with Crippen LogP contribution in [-0.2, 0) is 10.7 Å². The molecule has 0 heterocycles. The molecular weight excluding hydrogens is 543 g/mol. The highest BCUT2D eigenvalue weighted by molar-refractivity contribution is 5.94. The van der Waals surface area contributed by atoms with Crippen LogP contribution in [0, 0.1) is 12.7 Å². The van der Waals surface area contributed by atoms with Crippen LogP contribution in [0.25, 0.3) is 11.1 Å². The maximum atomic E-state index is 15.3. The van der Waals surface area contributed by atoms with Crippen LogP contribution in [-0.4, -0.2) is 23.5 Å². The Balaban J connectivity index is 1.81. The number of carbonyl (C=O) groups is 2. The summed E-state index contributed by atoms with van der Waals surface area (Å²) in [7, 11) is 0. The second kappa shape index (κ2) is 15.2. The lowest BCUT2D eigenvalue weighted by molar-refractivity contribution is -0.136. The van der Waals surface area contributed by atoms with Crippen molar-refractivity contribution in [1.82, 2.24) is 5.32 Å². The largest absolute Gasteiger partial charge is 0.486 e. The third-order valence-electron chi connectivity index (χ3n) is 6.99. The Kier molecular flexibility index (Phi) is 11.8. The molecule has 0 fully saturated rings. The molecule has 0 aromatic heterocycles. The number of hydrogen-bond donors (Lipinski definition) is 2. The number of alkyl halides is 2. The summed E-state index contributed by atoms with van der Waals surface area (Å²) in [4.78, 5) is 23.0. The van der Waals surface area contributed by atoms with E-state index in [4.69, 9.17) is 9.84 Å². The Morgan fingerprint density at radius 3 is 2.38 bits per heavy atom. The lowest BCUT2D eigenvalue weighted by atomic mass is 9.97. The maximum Gasteiger partial charge on any atom is 0.305 e. The van der Waals surface area contributed by atoms with Gasteiger partial charge in [-0.2, -0.15) is 8.78 Å². The van der Waals surface area contributed by atoms with Crippen LogP contribution in [0.2, 0.25) is 0 Å². The smallest absolute Gasteiger partial charge is 0.305 e. The van der Waals surface area contributed by atoms with Crippen molar-refractivity contribution < 1.29 is 32.6 Å². The lowest BCUT2D eigenvalue weighted by Gasteiger charge is -2.22. The van der Waals surface area contributed by atoms with Crippen molar-refractivity contribution in [1.29, 1.82) is 0 Å². The van der Waals surface area contributed by atoms with Gasteiger partial charge in [0.25, 0.3) is 11.8 Å². The summed E-state index contributed by atoms with van der Waals surface area (Å²) in [5.41, 5.74) is 2.87. The normalized spacial score (nSPS) is 12.3. The summed E-state index contributed by atoms with van der Waals surface area (Å²) in [6.07, 6.45) is 5.86. The quantitative estimate of drug-likeness (QED) is 0.139. The summed E-state index contributed by atoms with van der Waals surface area (Å²) < 4.78 is 50.0. The number of halogens is 3. The number of carboxylic acid groups (broad SMARTS) is 1. The summed E-state index contributed by atoms with van der Waals surface area (Å²) in [6, 6.07) is 15.9. The average molecular weight is 582 g/mol. The van der Waals surface area contributed by atoms with Gasteiger partial charge in [-0.05, 0) is 73.7 Å². The zero-order valence-corrected chi connectivity index (χ0v) is 24.3. The molecule has 3 rings (SSSR count). The van der Waals surface area contributed by atoms with Gasteiger partial charge in [0.1, 0.15) is 17.7 Å². The van der Waals surface area contributed by atoms with Gasteiger partial charge in [0.2, 0.25) is 0 Å². The van der Waals surface area contributed by atoms with Gasteiger partial charge < -0.3 is 15.2 Å². The first-order chi connectivity index (χ1) is 20.1. The van der Waals surface area contributed by atoms with Crippen molar-refractivity contribution in [2.45, 2.75) is 71.3 Å². The van der Waals surface area contributed by atoms with Gasteiger partial charge >= 0.3 is 5.97 Å². The molecule has 1 amide bonds. The van der Waals surface area contributed by atoms with Crippen LogP contribution in [0.3, 0.4) is 0 Å². The molecule has 224 valence electrons. The molecule has 1 atom stereocenters. The summed E-state index contributed by atoms with van der Waals surface area (Å²) in [5, 5.41) is 11.2. The minimum Gasteiger partial charge on any atom is -0.486 e. The molecule has 0 bridgehead atoms. The van der Waals surface area contributed by atoms with Gasteiger partial charge in [-0.3, -0.25) is 9.59 Å². The fourth-order valence-electron chi connectivity index (χ4n) is 4.72. The number of rotatable bonds is 15. The van der Waals surface area contributed by atoms with E-state index in [1.807, 2.05) is 19.1 Å². The highest BCUT2D eigenvalue weighted by Crippen LogP contribution is 2.35. The monoisotopic (exact) mass is 581 g/mol. The topological polar surface area (TPSA) is 75.6 Å². The number of aryl methyl sites for hydroxylation is 1. The maximum absolute atomic E-state index is 15.3. The molecule has 0 radical (unpaired) electrons. The molecule has 3 aromatic carbocycles. The molecule has 0 saturated heterocycles. The van der Waals surface area contributed by atoms with Crippen LogP contribution in [0.1, 0.15) is 85.5 Å². The van der Waals surface area contributed by atoms with Gasteiger partial charge in [0.05, 0.1) is 6.42 Å². The molecule has 1 unspecified atom stereocenters. The van der Waals surface area contributed by atoms with Gasteiger partial charge in [-0.25, -0.2) is 4.39 Å². The first kappa shape index (κ1) is 32.4. The molecular formula is C34H38F3NO4. The number of allylic oxidation sites excluding steroid dienone is 2. The van der Waals surface area contributed by atoms with Crippen molar-refractivity contribution in [2.75, 3.05) is 6.54 Å². The Bertz CT molecular complexity index is 1390. The molecule has 0 aliphatic heterocycles. The van der Waals surface area contributed by atoms with Crippen LogP contribution < -0.4 is 10.1 Å². The van der Waals surface area contributed by atoms with E-state index in [0.717, 1.165) is 54.5 Å². The molecule has 0 aliphatic rings. The molecule has 8 heteroatoms. The van der Waals surface area contributed by atoms with Gasteiger partial charge in [0, 0.05) is 23.2 Å². The number of carboxylic acids is 1. The zero-order valence-electron chi connectivity index (χ0n) is 24.3. The van der Waals surface area contributed by atoms with Crippen molar-refractivity contribution in [3.63, 3.8) is 0 Å². The second-order valence-corrected chi connectivity index (χ2v) is 10.3. The third-order valence-corrected chi connectivity index (χ3v) is 6.99. The molecule has 0 aliphatic carbocycles. The number of nitrogens with one attached hydrogen (secondary N) is 1. The highest BCUT2D eigenvalue weighted by atomic mass is 19.3. The molecule has 0 spiro atoms. The number of hydrogen-bond acceptors (Lipinski definition) is 3. The number of amides is 1. The standard InChI is InChI=1S/C34H38F3NO4/c1-4-6-7-8-9-31(29-16-12-25(22-30(29)35)33(41)38-20-18-32(39)40)42-27-15-17-28(23(3)21-27)24-10-13-26(14-11-24)34(36,37)19-5-2/h5,10-17,19,21-22,31H,4,6-9,18,20H2,1-3H3,(H,38,41)(H,39,40)/b19-5+. The van der Waals surface area contributed by atoms with Crippen LogP contribution in [0.15, 0.2) is 72.8 Å². The molecule has 3 aromatic rings.